The topological polar surface area (TPSA) is 146 Å². The normalized spacial score (nSPS) is 21.2. The van der Waals surface area contributed by atoms with Crippen LogP contribution >= 0.6 is 0 Å². The zero-order valence-electron chi connectivity index (χ0n) is 14.1. The van der Waals surface area contributed by atoms with Crippen molar-refractivity contribution in [3.63, 3.8) is 0 Å². The van der Waals surface area contributed by atoms with Crippen LogP contribution in [0.2, 0.25) is 0 Å². The summed E-state index contributed by atoms with van der Waals surface area (Å²) >= 11 is 0. The average Bonchev–Trinajstić information content (AvgIpc) is 2.52. The van der Waals surface area contributed by atoms with E-state index in [1.54, 1.807) is 9.80 Å². The van der Waals surface area contributed by atoms with Crippen molar-refractivity contribution in [3.05, 3.63) is 0 Å². The van der Waals surface area contributed by atoms with Gasteiger partial charge in [-0.2, -0.15) is 0 Å². The first-order chi connectivity index (χ1) is 11.5. The number of rotatable bonds is 6. The number of nitrogens with zero attached hydrogens (tertiary/aromatic N) is 2. The molecular formula is C14H28GdN4O6. The number of aliphatic carboxylic acids is 2. The number of carboxylic acid groups (broad SMARTS) is 2. The van der Waals surface area contributed by atoms with E-state index in [1.807, 2.05) is 0 Å². The number of aliphatic hydroxyl groups is 2. The van der Waals surface area contributed by atoms with E-state index < -0.39 is 37.2 Å². The summed E-state index contributed by atoms with van der Waals surface area (Å²) in [5.74, 6) is -2.23. The second kappa shape index (κ2) is 14.1. The maximum Gasteiger partial charge on any atom is 0.323 e. The molecule has 0 radical (unpaired) electrons. The van der Waals surface area contributed by atoms with Crippen LogP contribution in [-0.2, 0) is 9.59 Å². The van der Waals surface area contributed by atoms with Crippen LogP contribution in [0.25, 0.3) is 0 Å². The summed E-state index contributed by atoms with van der Waals surface area (Å²) in [6.07, 6.45) is 0. The molecule has 2 atom stereocenters. The van der Waals surface area contributed by atoms with Gasteiger partial charge in [-0.25, -0.2) is 0 Å². The van der Waals surface area contributed by atoms with Crippen molar-refractivity contribution in [1.29, 1.82) is 0 Å². The summed E-state index contributed by atoms with van der Waals surface area (Å²) in [5.41, 5.74) is 0. The summed E-state index contributed by atoms with van der Waals surface area (Å²) in [5, 5.41) is 43.6. The fraction of sp³-hybridized carbons (Fsp3) is 0.857. The van der Waals surface area contributed by atoms with Crippen molar-refractivity contribution in [2.45, 2.75) is 12.1 Å². The molecule has 6 N–H and O–H groups in total. The summed E-state index contributed by atoms with van der Waals surface area (Å²) in [7, 11) is 0. The molecule has 1 aliphatic rings. The molecule has 1 heterocycles. The van der Waals surface area contributed by atoms with Crippen molar-refractivity contribution < 1.29 is 70.0 Å². The predicted octanol–water partition coefficient (Wildman–Crippen LogP) is -3.33. The third-order valence-corrected chi connectivity index (χ3v) is 4.10. The zero-order chi connectivity index (χ0) is 17.9. The SMILES string of the molecule is O=C(O)C(CO)N1CCNCCNCCN(C(CO)C(=O)O)CC1.[Gd]. The molecule has 0 bridgehead atoms. The van der Waals surface area contributed by atoms with E-state index in [1.165, 1.54) is 0 Å². The van der Waals surface area contributed by atoms with Crippen LogP contribution in [0.1, 0.15) is 0 Å². The van der Waals surface area contributed by atoms with E-state index >= 15 is 0 Å². The molecule has 0 amide bonds. The quantitative estimate of drug-likeness (QED) is 0.217. The van der Waals surface area contributed by atoms with Gasteiger partial charge in [-0.3, -0.25) is 19.4 Å². The predicted molar refractivity (Wildman–Crippen MR) is 85.9 cm³/mol. The summed E-state index contributed by atoms with van der Waals surface area (Å²) in [6, 6.07) is -2.07. The van der Waals surface area contributed by atoms with Crippen molar-refractivity contribution in [3.8, 4) is 0 Å². The van der Waals surface area contributed by atoms with Crippen LogP contribution in [0.15, 0.2) is 0 Å². The Morgan fingerprint density at radius 2 is 1.12 bits per heavy atom. The molecule has 2 unspecified atom stereocenters. The molecule has 0 aromatic carbocycles. The molecule has 0 aromatic rings. The van der Waals surface area contributed by atoms with Gasteiger partial charge in [0.25, 0.3) is 0 Å². The second-order valence-electron chi connectivity index (χ2n) is 5.65. The minimum atomic E-state index is -1.12. The minimum absolute atomic E-state index is 0. The van der Waals surface area contributed by atoms with E-state index in [9.17, 15) is 30.0 Å². The molecule has 25 heavy (non-hydrogen) atoms. The molecule has 11 heteroatoms. The first-order valence-electron chi connectivity index (χ1n) is 8.08. The standard InChI is InChI=1S/C14H28N4O6.Gd/c19-9-11(13(21)22)17-5-3-15-1-2-16-4-6-18(8-7-17)12(10-20)14(23)24;/h11-12,15-16,19-20H,1-10H2,(H,21,22)(H,23,24);. The van der Waals surface area contributed by atoms with Crippen LogP contribution in [0, 0.1) is 39.9 Å². The number of hydrogen-bond donors (Lipinski definition) is 6. The first kappa shape index (κ1) is 25.0. The van der Waals surface area contributed by atoms with Gasteiger partial charge in [0.15, 0.2) is 0 Å². The Kier molecular flexibility index (Phi) is 14.1. The van der Waals surface area contributed by atoms with Crippen LogP contribution in [-0.4, -0.2) is 120 Å². The molecule has 148 valence electrons. The van der Waals surface area contributed by atoms with Crippen LogP contribution in [0.5, 0.6) is 0 Å². The van der Waals surface area contributed by atoms with E-state index in [0.29, 0.717) is 39.3 Å². The fourth-order valence-electron chi connectivity index (χ4n) is 2.68. The van der Waals surface area contributed by atoms with Crippen molar-refractivity contribution in [2.75, 3.05) is 65.6 Å². The molecule has 0 aromatic heterocycles. The zero-order valence-corrected chi connectivity index (χ0v) is 16.3. The maximum absolute atomic E-state index is 11.3. The van der Waals surface area contributed by atoms with Crippen LogP contribution in [0.3, 0.4) is 0 Å². The van der Waals surface area contributed by atoms with Crippen molar-refractivity contribution in [2.24, 2.45) is 0 Å². The molecular weight excluding hydrogens is 477 g/mol. The molecule has 1 saturated heterocycles. The van der Waals surface area contributed by atoms with Gasteiger partial charge in [0.1, 0.15) is 12.1 Å². The van der Waals surface area contributed by atoms with Crippen molar-refractivity contribution >= 4 is 11.9 Å². The van der Waals surface area contributed by atoms with E-state index in [0.717, 1.165) is 0 Å². The van der Waals surface area contributed by atoms with Gasteiger partial charge in [-0.05, 0) is 0 Å². The Morgan fingerprint density at radius 3 is 1.40 bits per heavy atom. The van der Waals surface area contributed by atoms with E-state index in [4.69, 9.17) is 0 Å². The second-order valence-corrected chi connectivity index (χ2v) is 5.65. The first-order valence-corrected chi connectivity index (χ1v) is 8.08. The minimum Gasteiger partial charge on any atom is -0.480 e. The number of hydrogen-bond acceptors (Lipinski definition) is 8. The molecule has 0 spiro atoms. The van der Waals surface area contributed by atoms with Gasteiger partial charge in [-0.1, -0.05) is 0 Å². The number of carbonyl (C=O) groups is 2. The Bertz CT molecular complexity index is 368. The van der Waals surface area contributed by atoms with Crippen molar-refractivity contribution in [1.82, 2.24) is 20.4 Å². The van der Waals surface area contributed by atoms with Gasteiger partial charge < -0.3 is 31.1 Å². The number of nitrogens with one attached hydrogen (secondary N) is 2. The van der Waals surface area contributed by atoms with Gasteiger partial charge in [0.05, 0.1) is 13.2 Å². The maximum atomic E-state index is 11.3. The molecule has 1 rings (SSSR count). The van der Waals surface area contributed by atoms with Gasteiger partial charge in [-0.15, -0.1) is 0 Å². The Morgan fingerprint density at radius 1 is 0.760 bits per heavy atom. The number of aliphatic hydroxyl groups excluding tert-OH is 2. The van der Waals surface area contributed by atoms with Gasteiger partial charge >= 0.3 is 11.9 Å². The summed E-state index contributed by atoms with van der Waals surface area (Å²) in [4.78, 5) is 25.8. The molecule has 0 aliphatic carbocycles. The molecule has 1 fully saturated rings. The summed E-state index contributed by atoms with van der Waals surface area (Å²) in [6.45, 7) is 2.90. The van der Waals surface area contributed by atoms with Gasteiger partial charge in [0.2, 0.25) is 0 Å². The Balaban J connectivity index is 0.00000576. The third kappa shape index (κ3) is 8.98. The molecule has 0 saturated carbocycles. The van der Waals surface area contributed by atoms with E-state index in [2.05, 4.69) is 10.6 Å². The summed E-state index contributed by atoms with van der Waals surface area (Å²) < 4.78 is 0. The van der Waals surface area contributed by atoms with Crippen LogP contribution in [0.4, 0.5) is 0 Å². The van der Waals surface area contributed by atoms with Crippen LogP contribution < -0.4 is 10.6 Å². The molecule has 10 nitrogen and oxygen atoms in total. The molecule has 1 aliphatic heterocycles. The monoisotopic (exact) mass is 506 g/mol. The average molecular weight is 506 g/mol. The fourth-order valence-corrected chi connectivity index (χ4v) is 2.68. The Labute approximate surface area is 179 Å². The smallest absolute Gasteiger partial charge is 0.323 e. The van der Waals surface area contributed by atoms with E-state index in [-0.39, 0.29) is 53.0 Å². The van der Waals surface area contributed by atoms with Gasteiger partial charge in [0, 0.05) is 92.3 Å². The number of carboxylic acids is 2. The Hall–Kier alpha value is 0.0247. The third-order valence-electron chi connectivity index (χ3n) is 4.10. The largest absolute Gasteiger partial charge is 0.480 e.